The van der Waals surface area contributed by atoms with Crippen molar-refractivity contribution in [2.75, 3.05) is 13.3 Å². The molecule has 0 aliphatic carbocycles. The highest BCUT2D eigenvalue weighted by Crippen LogP contribution is 2.12. The Balaban J connectivity index is 3.81. The highest BCUT2D eigenvalue weighted by Gasteiger charge is 2.19. The van der Waals surface area contributed by atoms with Gasteiger partial charge in [0.1, 0.15) is 6.80 Å². The number of rotatable bonds is 3. The lowest BCUT2D eigenvalue weighted by Gasteiger charge is -2.32. The second-order valence-electron chi connectivity index (χ2n) is 3.55. The zero-order valence-corrected chi connectivity index (χ0v) is 7.45. The summed E-state index contributed by atoms with van der Waals surface area (Å²) in [7, 11) is 0. The molecular formula is C8H18FN. The van der Waals surface area contributed by atoms with Gasteiger partial charge in [-0.3, -0.25) is 4.90 Å². The van der Waals surface area contributed by atoms with Crippen LogP contribution in [0.15, 0.2) is 0 Å². The van der Waals surface area contributed by atoms with Crippen LogP contribution in [0.5, 0.6) is 0 Å². The van der Waals surface area contributed by atoms with Crippen LogP contribution in [0.1, 0.15) is 34.1 Å². The van der Waals surface area contributed by atoms with Gasteiger partial charge >= 0.3 is 0 Å². The van der Waals surface area contributed by atoms with Gasteiger partial charge in [0.25, 0.3) is 0 Å². The fraction of sp³-hybridized carbons (Fsp3) is 1.00. The Morgan fingerprint density at radius 1 is 1.30 bits per heavy atom. The van der Waals surface area contributed by atoms with Crippen LogP contribution in [0, 0.1) is 0 Å². The Kier molecular flexibility index (Phi) is 3.87. The van der Waals surface area contributed by atoms with Gasteiger partial charge in [0.15, 0.2) is 0 Å². The highest BCUT2D eigenvalue weighted by molar-refractivity contribution is 4.72. The number of nitrogens with zero attached hydrogens (tertiary/aromatic N) is 1. The third-order valence-corrected chi connectivity index (χ3v) is 1.59. The molecule has 0 spiro atoms. The average Bonchev–Trinajstić information content (AvgIpc) is 1.80. The van der Waals surface area contributed by atoms with Crippen molar-refractivity contribution in [1.29, 1.82) is 0 Å². The zero-order valence-electron chi connectivity index (χ0n) is 7.45. The summed E-state index contributed by atoms with van der Waals surface area (Å²) in [5, 5.41) is 0. The molecule has 0 aromatic heterocycles. The summed E-state index contributed by atoms with van der Waals surface area (Å²) < 4.78 is 12.3. The lowest BCUT2D eigenvalue weighted by Crippen LogP contribution is -2.41. The Morgan fingerprint density at radius 2 is 1.80 bits per heavy atom. The third kappa shape index (κ3) is 3.16. The zero-order chi connectivity index (χ0) is 8.20. The first-order chi connectivity index (χ1) is 4.52. The van der Waals surface area contributed by atoms with Crippen molar-refractivity contribution in [3.8, 4) is 0 Å². The van der Waals surface area contributed by atoms with Crippen LogP contribution < -0.4 is 0 Å². The molecule has 0 bridgehead atoms. The number of halogens is 1. The van der Waals surface area contributed by atoms with Crippen LogP contribution >= 0.6 is 0 Å². The Labute approximate surface area is 63.2 Å². The molecule has 62 valence electrons. The van der Waals surface area contributed by atoms with Crippen LogP contribution in [0.4, 0.5) is 4.39 Å². The van der Waals surface area contributed by atoms with Gasteiger partial charge < -0.3 is 0 Å². The molecule has 0 aromatic rings. The Bertz CT molecular complexity index is 85.7. The van der Waals surface area contributed by atoms with Crippen molar-refractivity contribution in [2.45, 2.75) is 39.7 Å². The molecule has 0 atom stereocenters. The van der Waals surface area contributed by atoms with Crippen molar-refractivity contribution in [1.82, 2.24) is 4.90 Å². The average molecular weight is 147 g/mol. The normalized spacial score (nSPS) is 12.6. The largest absolute Gasteiger partial charge is 0.272 e. The van der Waals surface area contributed by atoms with Crippen molar-refractivity contribution in [3.05, 3.63) is 0 Å². The lowest BCUT2D eigenvalue weighted by molar-refractivity contribution is 0.0826. The van der Waals surface area contributed by atoms with E-state index in [-0.39, 0.29) is 12.3 Å². The quantitative estimate of drug-likeness (QED) is 0.554. The predicted molar refractivity (Wildman–Crippen MR) is 42.7 cm³/mol. The maximum atomic E-state index is 12.3. The summed E-state index contributed by atoms with van der Waals surface area (Å²) >= 11 is 0. The molecule has 0 amide bonds. The summed E-state index contributed by atoms with van der Waals surface area (Å²) in [4.78, 5) is 1.83. The van der Waals surface area contributed by atoms with E-state index in [4.69, 9.17) is 0 Å². The molecular weight excluding hydrogens is 129 g/mol. The summed E-state index contributed by atoms with van der Waals surface area (Å²) in [5.74, 6) is 0. The van der Waals surface area contributed by atoms with Crippen molar-refractivity contribution < 1.29 is 4.39 Å². The monoisotopic (exact) mass is 147 g/mol. The van der Waals surface area contributed by atoms with Gasteiger partial charge in [0, 0.05) is 12.1 Å². The maximum absolute atomic E-state index is 12.3. The fourth-order valence-corrected chi connectivity index (χ4v) is 0.844. The van der Waals surface area contributed by atoms with Gasteiger partial charge in [-0.25, -0.2) is 4.39 Å². The second-order valence-corrected chi connectivity index (χ2v) is 3.55. The summed E-state index contributed by atoms with van der Waals surface area (Å²) in [6.45, 7) is 8.67. The summed E-state index contributed by atoms with van der Waals surface area (Å²) in [6.07, 6.45) is 1.02. The predicted octanol–water partition coefficient (Wildman–Crippen LogP) is 2.42. The highest BCUT2D eigenvalue weighted by atomic mass is 19.1. The minimum absolute atomic E-state index is 0.0231. The number of hydrogen-bond acceptors (Lipinski definition) is 1. The molecule has 0 rings (SSSR count). The van der Waals surface area contributed by atoms with Gasteiger partial charge in [-0.2, -0.15) is 0 Å². The molecule has 2 heteroatoms. The SMILES string of the molecule is CCCN(CF)C(C)(C)C. The first kappa shape index (κ1) is 9.89. The number of alkyl halides is 1. The van der Waals surface area contributed by atoms with Gasteiger partial charge in [-0.05, 0) is 27.2 Å². The standard InChI is InChI=1S/C8H18FN/c1-5-6-10(7-9)8(2,3)4/h5-7H2,1-4H3. The molecule has 0 aliphatic rings. The van der Waals surface area contributed by atoms with E-state index in [0.717, 1.165) is 13.0 Å². The minimum atomic E-state index is -0.336. The van der Waals surface area contributed by atoms with E-state index in [1.54, 1.807) is 0 Å². The van der Waals surface area contributed by atoms with Gasteiger partial charge in [-0.1, -0.05) is 6.92 Å². The molecule has 0 radical (unpaired) electrons. The number of hydrogen-bond donors (Lipinski definition) is 0. The maximum Gasteiger partial charge on any atom is 0.143 e. The van der Waals surface area contributed by atoms with Crippen LogP contribution in [0.25, 0.3) is 0 Å². The van der Waals surface area contributed by atoms with E-state index in [1.165, 1.54) is 0 Å². The molecule has 0 unspecified atom stereocenters. The van der Waals surface area contributed by atoms with E-state index in [0.29, 0.717) is 0 Å². The van der Waals surface area contributed by atoms with Crippen molar-refractivity contribution in [2.24, 2.45) is 0 Å². The molecule has 0 N–H and O–H groups in total. The summed E-state index contributed by atoms with van der Waals surface area (Å²) in [5.41, 5.74) is -0.0231. The first-order valence-electron chi connectivity index (χ1n) is 3.83. The van der Waals surface area contributed by atoms with E-state index in [9.17, 15) is 4.39 Å². The molecule has 0 saturated heterocycles. The smallest absolute Gasteiger partial charge is 0.143 e. The van der Waals surface area contributed by atoms with Gasteiger partial charge in [0.05, 0.1) is 0 Å². The van der Waals surface area contributed by atoms with Crippen LogP contribution in [0.2, 0.25) is 0 Å². The second kappa shape index (κ2) is 3.91. The van der Waals surface area contributed by atoms with Crippen LogP contribution in [-0.4, -0.2) is 23.8 Å². The topological polar surface area (TPSA) is 3.24 Å². The third-order valence-electron chi connectivity index (χ3n) is 1.59. The molecule has 0 aromatic carbocycles. The van der Waals surface area contributed by atoms with Gasteiger partial charge in [-0.15, -0.1) is 0 Å². The van der Waals surface area contributed by atoms with Gasteiger partial charge in [0.2, 0.25) is 0 Å². The van der Waals surface area contributed by atoms with Crippen molar-refractivity contribution in [3.63, 3.8) is 0 Å². The van der Waals surface area contributed by atoms with Crippen molar-refractivity contribution >= 4 is 0 Å². The molecule has 1 nitrogen and oxygen atoms in total. The first-order valence-corrected chi connectivity index (χ1v) is 3.83. The molecule has 10 heavy (non-hydrogen) atoms. The van der Waals surface area contributed by atoms with E-state index in [2.05, 4.69) is 6.92 Å². The van der Waals surface area contributed by atoms with E-state index >= 15 is 0 Å². The molecule has 0 fully saturated rings. The minimum Gasteiger partial charge on any atom is -0.272 e. The van der Waals surface area contributed by atoms with Crippen LogP contribution in [-0.2, 0) is 0 Å². The molecule has 0 aliphatic heterocycles. The lowest BCUT2D eigenvalue weighted by atomic mass is 10.1. The fourth-order valence-electron chi connectivity index (χ4n) is 0.844. The van der Waals surface area contributed by atoms with Crippen LogP contribution in [0.3, 0.4) is 0 Å². The summed E-state index contributed by atoms with van der Waals surface area (Å²) in [6, 6.07) is 0. The Hall–Kier alpha value is -0.110. The molecule has 0 saturated carbocycles. The van der Waals surface area contributed by atoms with E-state index in [1.807, 2.05) is 25.7 Å². The molecule has 0 heterocycles. The van der Waals surface area contributed by atoms with E-state index < -0.39 is 0 Å². The Morgan fingerprint density at radius 3 is 1.90 bits per heavy atom.